The zero-order valence-electron chi connectivity index (χ0n) is 17.6. The summed E-state index contributed by atoms with van der Waals surface area (Å²) < 4.78 is 5.26. The molecule has 6 heteroatoms. The fourth-order valence-corrected chi connectivity index (χ4v) is 3.97. The molecule has 4 aromatic rings. The standard InChI is InChI=1S/C26H23ClN2O3/c1-32-19-12-10-18(11-13-19)24(29-23(30)14-9-17-6-3-2-4-7-17)21-16-22(27)20-8-5-15-28-25(20)26(21)31/h2-8,10-13,15-16,24,31H,9,14H2,1H3,(H,29,30). The van der Waals surface area contributed by atoms with Crippen molar-refractivity contribution in [1.29, 1.82) is 0 Å². The van der Waals surface area contributed by atoms with Gasteiger partial charge in [0.25, 0.3) is 0 Å². The highest BCUT2D eigenvalue weighted by atomic mass is 35.5. The first kappa shape index (κ1) is 21.7. The van der Waals surface area contributed by atoms with Crippen molar-refractivity contribution in [2.45, 2.75) is 18.9 Å². The number of carbonyl (C=O) groups is 1. The van der Waals surface area contributed by atoms with Crippen LogP contribution >= 0.6 is 11.6 Å². The summed E-state index contributed by atoms with van der Waals surface area (Å²) in [7, 11) is 1.60. The van der Waals surface area contributed by atoms with Crippen molar-refractivity contribution in [3.05, 3.63) is 101 Å². The first-order valence-electron chi connectivity index (χ1n) is 10.3. The first-order chi connectivity index (χ1) is 15.6. The maximum absolute atomic E-state index is 12.9. The van der Waals surface area contributed by atoms with Crippen molar-refractivity contribution in [3.8, 4) is 11.5 Å². The maximum Gasteiger partial charge on any atom is 0.221 e. The summed E-state index contributed by atoms with van der Waals surface area (Å²) in [5.41, 5.74) is 2.76. The van der Waals surface area contributed by atoms with Gasteiger partial charge >= 0.3 is 0 Å². The fraction of sp³-hybridized carbons (Fsp3) is 0.154. The number of benzene rings is 3. The molecule has 0 radical (unpaired) electrons. The second-order valence-corrected chi connectivity index (χ2v) is 7.86. The molecule has 0 saturated carbocycles. The van der Waals surface area contributed by atoms with Gasteiger partial charge in [0.2, 0.25) is 5.91 Å². The lowest BCUT2D eigenvalue weighted by molar-refractivity contribution is -0.121. The molecular formula is C26H23ClN2O3. The molecule has 0 saturated heterocycles. The number of aromatic nitrogens is 1. The van der Waals surface area contributed by atoms with E-state index in [1.165, 1.54) is 0 Å². The van der Waals surface area contributed by atoms with E-state index in [-0.39, 0.29) is 11.7 Å². The molecule has 0 aliphatic carbocycles. The number of phenols is 1. The van der Waals surface area contributed by atoms with Crippen LogP contribution in [-0.2, 0) is 11.2 Å². The summed E-state index contributed by atoms with van der Waals surface area (Å²) in [4.78, 5) is 17.2. The summed E-state index contributed by atoms with van der Waals surface area (Å²) in [6.07, 6.45) is 2.54. The summed E-state index contributed by atoms with van der Waals surface area (Å²) in [6, 6.07) is 21.8. The smallest absolute Gasteiger partial charge is 0.221 e. The van der Waals surface area contributed by atoms with Gasteiger partial charge in [0, 0.05) is 23.6 Å². The third-order valence-electron chi connectivity index (χ3n) is 5.39. The number of ether oxygens (including phenoxy) is 1. The normalized spacial score (nSPS) is 11.8. The molecule has 0 bridgehead atoms. The molecule has 2 N–H and O–H groups in total. The number of halogens is 1. The number of hydrogen-bond donors (Lipinski definition) is 2. The Morgan fingerprint density at radius 3 is 2.56 bits per heavy atom. The van der Waals surface area contributed by atoms with Crippen molar-refractivity contribution in [2.75, 3.05) is 7.11 Å². The van der Waals surface area contributed by atoms with Gasteiger partial charge in [-0.1, -0.05) is 54.1 Å². The number of fused-ring (bicyclic) bond motifs is 1. The lowest BCUT2D eigenvalue weighted by Crippen LogP contribution is -2.29. The zero-order chi connectivity index (χ0) is 22.5. The van der Waals surface area contributed by atoms with E-state index in [9.17, 15) is 9.90 Å². The summed E-state index contributed by atoms with van der Waals surface area (Å²) in [5, 5.41) is 15.2. The van der Waals surface area contributed by atoms with Crippen LogP contribution in [0.2, 0.25) is 5.02 Å². The number of carbonyl (C=O) groups excluding carboxylic acids is 1. The van der Waals surface area contributed by atoms with E-state index in [0.717, 1.165) is 11.1 Å². The second kappa shape index (κ2) is 9.71. The van der Waals surface area contributed by atoms with Crippen molar-refractivity contribution < 1.29 is 14.6 Å². The van der Waals surface area contributed by atoms with Crippen LogP contribution in [0.5, 0.6) is 11.5 Å². The molecule has 0 aliphatic heterocycles. The number of nitrogens with one attached hydrogen (secondary N) is 1. The number of phenolic OH excluding ortho intramolecular Hbond substituents is 1. The number of pyridine rings is 1. The topological polar surface area (TPSA) is 71.5 Å². The summed E-state index contributed by atoms with van der Waals surface area (Å²) in [6.45, 7) is 0. The Morgan fingerprint density at radius 1 is 1.09 bits per heavy atom. The van der Waals surface area contributed by atoms with Gasteiger partial charge in [-0.15, -0.1) is 0 Å². The second-order valence-electron chi connectivity index (χ2n) is 7.46. The Balaban J connectivity index is 1.69. The molecule has 162 valence electrons. The van der Waals surface area contributed by atoms with Crippen molar-refractivity contribution in [1.82, 2.24) is 10.3 Å². The SMILES string of the molecule is COc1ccc(C(NC(=O)CCc2ccccc2)c2cc(Cl)c3cccnc3c2O)cc1. The van der Waals surface area contributed by atoms with Crippen molar-refractivity contribution >= 4 is 28.4 Å². The van der Waals surface area contributed by atoms with E-state index in [4.69, 9.17) is 16.3 Å². The number of methoxy groups -OCH3 is 1. The molecule has 32 heavy (non-hydrogen) atoms. The highest BCUT2D eigenvalue weighted by molar-refractivity contribution is 6.35. The van der Waals surface area contributed by atoms with E-state index in [1.807, 2.05) is 54.6 Å². The molecular weight excluding hydrogens is 424 g/mol. The minimum Gasteiger partial charge on any atom is -0.505 e. The summed E-state index contributed by atoms with van der Waals surface area (Å²) >= 11 is 6.51. The third kappa shape index (κ3) is 4.68. The number of rotatable bonds is 7. The predicted molar refractivity (Wildman–Crippen MR) is 126 cm³/mol. The first-order valence-corrected chi connectivity index (χ1v) is 10.7. The average molecular weight is 447 g/mol. The number of amides is 1. The van der Waals surface area contributed by atoms with Gasteiger partial charge in [-0.25, -0.2) is 0 Å². The van der Waals surface area contributed by atoms with Gasteiger partial charge in [0.15, 0.2) is 0 Å². The van der Waals surface area contributed by atoms with E-state index < -0.39 is 6.04 Å². The van der Waals surface area contributed by atoms with Gasteiger partial charge in [0.05, 0.1) is 18.2 Å². The number of hydrogen-bond acceptors (Lipinski definition) is 4. The van der Waals surface area contributed by atoms with Crippen LogP contribution in [0.15, 0.2) is 79.0 Å². The minimum atomic E-state index is -0.604. The molecule has 1 heterocycles. The van der Waals surface area contributed by atoms with E-state index in [2.05, 4.69) is 10.3 Å². The van der Waals surface area contributed by atoms with E-state index in [0.29, 0.717) is 40.1 Å². The van der Waals surface area contributed by atoms with Crippen LogP contribution in [-0.4, -0.2) is 23.1 Å². The Morgan fingerprint density at radius 2 is 1.84 bits per heavy atom. The number of aryl methyl sites for hydroxylation is 1. The molecule has 5 nitrogen and oxygen atoms in total. The van der Waals surface area contributed by atoms with E-state index in [1.54, 1.807) is 31.5 Å². The van der Waals surface area contributed by atoms with Gasteiger partial charge in [-0.2, -0.15) is 0 Å². The van der Waals surface area contributed by atoms with Crippen LogP contribution in [0.1, 0.15) is 29.2 Å². The third-order valence-corrected chi connectivity index (χ3v) is 5.71. The molecule has 4 rings (SSSR count). The van der Waals surface area contributed by atoms with Gasteiger partial charge < -0.3 is 15.2 Å². The Kier molecular flexibility index (Phi) is 6.57. The molecule has 1 unspecified atom stereocenters. The maximum atomic E-state index is 12.9. The van der Waals surface area contributed by atoms with Crippen LogP contribution in [0.25, 0.3) is 10.9 Å². The average Bonchev–Trinajstić information content (AvgIpc) is 2.84. The minimum absolute atomic E-state index is 0.00539. The van der Waals surface area contributed by atoms with Crippen LogP contribution in [0.4, 0.5) is 0 Å². The lowest BCUT2D eigenvalue weighted by atomic mass is 9.95. The monoisotopic (exact) mass is 446 g/mol. The highest BCUT2D eigenvalue weighted by Crippen LogP contribution is 2.38. The van der Waals surface area contributed by atoms with Crippen molar-refractivity contribution in [3.63, 3.8) is 0 Å². The quantitative estimate of drug-likeness (QED) is 0.396. The van der Waals surface area contributed by atoms with E-state index >= 15 is 0 Å². The number of nitrogens with zero attached hydrogens (tertiary/aromatic N) is 1. The molecule has 0 spiro atoms. The Hall–Kier alpha value is -3.57. The van der Waals surface area contributed by atoms with Crippen LogP contribution in [0.3, 0.4) is 0 Å². The van der Waals surface area contributed by atoms with Gasteiger partial charge in [-0.3, -0.25) is 9.78 Å². The Labute approximate surface area is 191 Å². The molecule has 0 aliphatic rings. The lowest BCUT2D eigenvalue weighted by Gasteiger charge is -2.22. The predicted octanol–water partition coefficient (Wildman–Crippen LogP) is 5.44. The molecule has 3 aromatic carbocycles. The van der Waals surface area contributed by atoms with Crippen molar-refractivity contribution in [2.24, 2.45) is 0 Å². The fourth-order valence-electron chi connectivity index (χ4n) is 3.70. The summed E-state index contributed by atoms with van der Waals surface area (Å²) in [5.74, 6) is 0.561. The Bertz CT molecular complexity index is 1230. The van der Waals surface area contributed by atoms with Gasteiger partial charge in [-0.05, 0) is 47.9 Å². The molecule has 1 atom stereocenters. The highest BCUT2D eigenvalue weighted by Gasteiger charge is 2.23. The van der Waals surface area contributed by atoms with Gasteiger partial charge in [0.1, 0.15) is 17.0 Å². The number of aromatic hydroxyl groups is 1. The largest absolute Gasteiger partial charge is 0.505 e. The molecule has 1 aromatic heterocycles. The van der Waals surface area contributed by atoms with Crippen LogP contribution in [0, 0.1) is 0 Å². The zero-order valence-corrected chi connectivity index (χ0v) is 18.3. The molecule has 1 amide bonds. The van der Waals surface area contributed by atoms with Crippen LogP contribution < -0.4 is 10.1 Å². The molecule has 0 fully saturated rings.